The number of carbonyl (C=O) groups excluding carboxylic acids is 5. The van der Waals surface area contributed by atoms with Crippen LogP contribution in [0.5, 0.6) is 0 Å². The molecule has 0 aliphatic heterocycles. The quantitative estimate of drug-likeness (QED) is 0.0964. The van der Waals surface area contributed by atoms with E-state index in [9.17, 15) is 33.9 Å². The number of hydrogen-bond acceptors (Lipinski definition) is 11. The molecule has 0 spiro atoms. The number of rotatable bonds is 16. The Kier molecular flexibility index (Phi) is 13.3. The summed E-state index contributed by atoms with van der Waals surface area (Å²) in [6.07, 6.45) is -1.49. The second-order valence-electron chi connectivity index (χ2n) is 10.6. The lowest BCUT2D eigenvalue weighted by atomic mass is 9.99. The predicted molar refractivity (Wildman–Crippen MR) is 154 cm³/mol. The van der Waals surface area contributed by atoms with Gasteiger partial charge in [0.15, 0.2) is 0 Å². The molecule has 0 aliphatic rings. The van der Waals surface area contributed by atoms with Crippen molar-refractivity contribution in [1.82, 2.24) is 41.9 Å². The van der Waals surface area contributed by atoms with E-state index in [1.54, 1.807) is 13.8 Å². The molecule has 10 N–H and O–H groups in total. The molecule has 0 saturated heterocycles. The number of tetrazole rings is 1. The number of H-pyrrole nitrogens is 1. The van der Waals surface area contributed by atoms with Crippen LogP contribution in [0.2, 0.25) is 0 Å². The highest BCUT2D eigenvalue weighted by Crippen LogP contribution is 2.12. The van der Waals surface area contributed by atoms with E-state index in [1.807, 2.05) is 13.8 Å². The van der Waals surface area contributed by atoms with E-state index in [-0.39, 0.29) is 36.0 Å². The van der Waals surface area contributed by atoms with Crippen LogP contribution in [0.15, 0.2) is 24.3 Å². The maximum Gasteiger partial charge on any atom is 0.335 e. The molecule has 0 bridgehead atoms. The zero-order valence-corrected chi connectivity index (χ0v) is 24.7. The predicted octanol–water partition coefficient (Wildman–Crippen LogP) is -2.26. The minimum absolute atomic E-state index is 0.0517. The molecule has 0 aliphatic carbocycles. The Morgan fingerprint density at radius 1 is 0.932 bits per heavy atom. The van der Waals surface area contributed by atoms with Crippen molar-refractivity contribution in [3.05, 3.63) is 35.7 Å². The van der Waals surface area contributed by atoms with Gasteiger partial charge in [-0.05, 0) is 41.7 Å². The van der Waals surface area contributed by atoms with Crippen molar-refractivity contribution in [2.45, 2.75) is 58.3 Å². The average Bonchev–Trinajstić information content (AvgIpc) is 3.51. The molecule has 0 fully saturated rings. The van der Waals surface area contributed by atoms with E-state index in [2.05, 4.69) is 47.2 Å². The van der Waals surface area contributed by atoms with Crippen LogP contribution in [0.25, 0.3) is 0 Å². The van der Waals surface area contributed by atoms with Gasteiger partial charge in [0.25, 0.3) is 17.6 Å². The Morgan fingerprint density at radius 2 is 1.64 bits per heavy atom. The molecule has 0 saturated carbocycles. The van der Waals surface area contributed by atoms with Crippen LogP contribution >= 0.6 is 0 Å². The van der Waals surface area contributed by atoms with Gasteiger partial charge in [-0.25, -0.2) is 4.79 Å². The summed E-state index contributed by atoms with van der Waals surface area (Å²) in [5, 5.41) is 44.1. The molecule has 2 aromatic rings. The van der Waals surface area contributed by atoms with Crippen LogP contribution in [-0.4, -0.2) is 104 Å². The maximum absolute atomic E-state index is 13.2. The summed E-state index contributed by atoms with van der Waals surface area (Å²) in [5.41, 5.74) is 5.95. The normalized spacial score (nSPS) is 13.7. The van der Waals surface area contributed by atoms with Crippen LogP contribution in [0, 0.1) is 11.8 Å². The lowest BCUT2D eigenvalue weighted by Gasteiger charge is -2.27. The van der Waals surface area contributed by atoms with Gasteiger partial charge in [-0.15, -0.1) is 10.2 Å². The number of aromatic nitrogens is 4. The highest BCUT2D eigenvalue weighted by molar-refractivity contribution is 5.97. The lowest BCUT2D eigenvalue weighted by molar-refractivity contribution is -0.133. The number of benzene rings is 1. The van der Waals surface area contributed by atoms with Gasteiger partial charge in [0, 0.05) is 12.2 Å². The Morgan fingerprint density at radius 3 is 2.23 bits per heavy atom. The first-order chi connectivity index (χ1) is 20.7. The third-order valence-corrected chi connectivity index (χ3v) is 6.10. The molecular weight excluding hydrogens is 580 g/mol. The lowest BCUT2D eigenvalue weighted by Crippen LogP contribution is -2.59. The SMILES string of the molecule is CC(C)C[C@H](NC(=O)[C@@H](NC(=O)[C@H](N)CNC(=O)c1nn[nH]n1)C(C)C)C(=O)NCC(O)C(=O)Nc1cccc(C(=O)O)c1. The zero-order chi connectivity index (χ0) is 33.0. The van der Waals surface area contributed by atoms with Gasteiger partial charge < -0.3 is 42.5 Å². The first-order valence-electron chi connectivity index (χ1n) is 13.7. The summed E-state index contributed by atoms with van der Waals surface area (Å²) in [7, 11) is 0. The molecule has 18 nitrogen and oxygen atoms in total. The van der Waals surface area contributed by atoms with Gasteiger partial charge in [0.2, 0.25) is 17.7 Å². The Balaban J connectivity index is 1.96. The number of carbonyl (C=O) groups is 6. The minimum atomic E-state index is -1.69. The summed E-state index contributed by atoms with van der Waals surface area (Å²) in [4.78, 5) is 74.3. The summed E-state index contributed by atoms with van der Waals surface area (Å²) in [6, 6.07) is 2.00. The van der Waals surface area contributed by atoms with Crippen molar-refractivity contribution in [3.63, 3.8) is 0 Å². The van der Waals surface area contributed by atoms with Crippen LogP contribution in [0.4, 0.5) is 5.69 Å². The van der Waals surface area contributed by atoms with E-state index >= 15 is 0 Å². The average molecular weight is 619 g/mol. The molecule has 18 heteroatoms. The second kappa shape index (κ2) is 16.6. The van der Waals surface area contributed by atoms with Crippen LogP contribution in [-0.2, 0) is 19.2 Å². The molecule has 240 valence electrons. The number of anilines is 1. The molecule has 1 aromatic carbocycles. The van der Waals surface area contributed by atoms with E-state index in [0.29, 0.717) is 0 Å². The molecule has 0 radical (unpaired) electrons. The molecule has 2 rings (SSSR count). The fourth-order valence-electron chi connectivity index (χ4n) is 3.76. The van der Waals surface area contributed by atoms with Crippen molar-refractivity contribution in [3.8, 4) is 0 Å². The summed E-state index contributed by atoms with van der Waals surface area (Å²) in [6.45, 7) is 6.21. The number of aromatic amines is 1. The van der Waals surface area contributed by atoms with Gasteiger partial charge in [-0.3, -0.25) is 24.0 Å². The zero-order valence-electron chi connectivity index (χ0n) is 24.7. The topological polar surface area (TPSA) is 284 Å². The fraction of sp³-hybridized carbons (Fsp3) is 0.500. The van der Waals surface area contributed by atoms with Gasteiger partial charge in [-0.1, -0.05) is 33.8 Å². The van der Waals surface area contributed by atoms with Gasteiger partial charge in [-0.2, -0.15) is 5.21 Å². The van der Waals surface area contributed by atoms with E-state index < -0.39 is 72.2 Å². The van der Waals surface area contributed by atoms with Crippen molar-refractivity contribution >= 4 is 41.2 Å². The number of carboxylic acids is 1. The van der Waals surface area contributed by atoms with Crippen molar-refractivity contribution in [1.29, 1.82) is 0 Å². The molecule has 4 atom stereocenters. The molecule has 1 heterocycles. The fourth-order valence-corrected chi connectivity index (χ4v) is 3.76. The third kappa shape index (κ3) is 11.0. The number of aromatic carboxylic acids is 1. The first-order valence-corrected chi connectivity index (χ1v) is 13.7. The van der Waals surface area contributed by atoms with Crippen LogP contribution in [0.3, 0.4) is 0 Å². The maximum atomic E-state index is 13.2. The Labute approximate surface area is 252 Å². The monoisotopic (exact) mass is 618 g/mol. The summed E-state index contributed by atoms with van der Waals surface area (Å²) >= 11 is 0. The van der Waals surface area contributed by atoms with E-state index in [4.69, 9.17) is 10.8 Å². The summed E-state index contributed by atoms with van der Waals surface area (Å²) in [5.74, 6) is -5.60. The van der Waals surface area contributed by atoms with E-state index in [1.165, 1.54) is 24.3 Å². The van der Waals surface area contributed by atoms with Crippen molar-refractivity contribution < 1.29 is 39.0 Å². The number of nitrogens with two attached hydrogens (primary N) is 1. The number of nitrogens with one attached hydrogen (secondary N) is 6. The first kappa shape index (κ1) is 35.2. The molecular formula is C26H38N10O8. The summed E-state index contributed by atoms with van der Waals surface area (Å²) < 4.78 is 0. The minimum Gasteiger partial charge on any atom is -0.478 e. The van der Waals surface area contributed by atoms with Gasteiger partial charge >= 0.3 is 5.97 Å². The molecule has 5 amide bonds. The largest absolute Gasteiger partial charge is 0.478 e. The molecule has 44 heavy (non-hydrogen) atoms. The van der Waals surface area contributed by atoms with E-state index in [0.717, 1.165) is 0 Å². The van der Waals surface area contributed by atoms with Gasteiger partial charge in [0.1, 0.15) is 24.2 Å². The second-order valence-corrected chi connectivity index (χ2v) is 10.6. The van der Waals surface area contributed by atoms with Crippen molar-refractivity contribution in [2.75, 3.05) is 18.4 Å². The number of aliphatic hydroxyl groups excluding tert-OH is 1. The number of amides is 5. The van der Waals surface area contributed by atoms with Crippen LogP contribution < -0.4 is 32.3 Å². The number of carboxylic acid groups (broad SMARTS) is 1. The van der Waals surface area contributed by atoms with Gasteiger partial charge in [0.05, 0.1) is 12.1 Å². The highest BCUT2D eigenvalue weighted by Gasteiger charge is 2.31. The standard InChI is InChI=1S/C26H38N10O8/c1-12(2)8-17(22(39)29-11-18(37)23(40)30-15-7-5-6-14(9-15)26(43)44)31-24(41)19(13(3)4)32-21(38)16(27)10-28-25(42)20-33-35-36-34-20/h5-7,9,12-13,16-19,37H,8,10-11,27H2,1-4H3,(H,28,42)(H,29,39)(H,30,40)(H,31,41)(H,32,38)(H,43,44)(H,33,34,35,36)/t16-,17+,18?,19+/m1/s1. The highest BCUT2D eigenvalue weighted by atomic mass is 16.4. The number of aliphatic hydroxyl groups is 1. The van der Waals surface area contributed by atoms with Crippen molar-refractivity contribution in [2.24, 2.45) is 17.6 Å². The molecule has 1 aromatic heterocycles. The number of hydrogen-bond donors (Lipinski definition) is 9. The molecule has 1 unspecified atom stereocenters. The number of nitrogens with zero attached hydrogens (tertiary/aromatic N) is 3. The van der Waals surface area contributed by atoms with Crippen LogP contribution in [0.1, 0.15) is 55.1 Å². The Hall–Kier alpha value is -4.97. The third-order valence-electron chi connectivity index (χ3n) is 6.10. The smallest absolute Gasteiger partial charge is 0.335 e. The Bertz CT molecular complexity index is 1320.